The van der Waals surface area contributed by atoms with Crippen LogP contribution < -0.4 is 5.32 Å². The highest BCUT2D eigenvalue weighted by Gasteiger charge is 2.50. The van der Waals surface area contributed by atoms with E-state index in [9.17, 15) is 9.18 Å². The highest BCUT2D eigenvalue weighted by Crippen LogP contribution is 2.51. The minimum atomic E-state index is -0.225. The Morgan fingerprint density at radius 2 is 1.91 bits per heavy atom. The van der Waals surface area contributed by atoms with Crippen molar-refractivity contribution >= 4 is 6.03 Å². The molecule has 4 heteroatoms. The van der Waals surface area contributed by atoms with Crippen LogP contribution in [0.15, 0.2) is 42.5 Å². The van der Waals surface area contributed by atoms with E-state index in [1.807, 2.05) is 11.0 Å². The molecule has 0 unspecified atom stereocenters. The highest BCUT2D eigenvalue weighted by atomic mass is 19.1. The Labute approximate surface area is 134 Å². The van der Waals surface area contributed by atoms with Crippen LogP contribution >= 0.6 is 0 Å². The van der Waals surface area contributed by atoms with Crippen molar-refractivity contribution in [3.8, 4) is 0 Å². The van der Waals surface area contributed by atoms with Gasteiger partial charge in [0.05, 0.1) is 12.1 Å². The number of hydrogen-bond donors (Lipinski definition) is 1. The summed E-state index contributed by atoms with van der Waals surface area (Å²) >= 11 is 0. The molecule has 0 spiro atoms. The maximum atomic E-state index is 13.9. The fourth-order valence-electron chi connectivity index (χ4n) is 4.65. The van der Waals surface area contributed by atoms with E-state index in [2.05, 4.69) is 29.6 Å². The van der Waals surface area contributed by atoms with Gasteiger partial charge in [0.25, 0.3) is 0 Å². The second kappa shape index (κ2) is 4.57. The maximum absolute atomic E-state index is 13.9. The van der Waals surface area contributed by atoms with Gasteiger partial charge in [-0.05, 0) is 47.2 Å². The van der Waals surface area contributed by atoms with Gasteiger partial charge >= 0.3 is 6.03 Å². The van der Waals surface area contributed by atoms with Gasteiger partial charge in [-0.15, -0.1) is 0 Å². The lowest BCUT2D eigenvalue weighted by molar-refractivity contribution is 0.197. The molecule has 0 saturated carbocycles. The number of hydrogen-bond acceptors (Lipinski definition) is 1. The Bertz CT molecular complexity index is 819. The maximum Gasteiger partial charge on any atom is 0.318 e. The van der Waals surface area contributed by atoms with Gasteiger partial charge in [0.1, 0.15) is 5.82 Å². The van der Waals surface area contributed by atoms with Gasteiger partial charge < -0.3 is 10.2 Å². The van der Waals surface area contributed by atoms with Gasteiger partial charge in [-0.25, -0.2) is 9.18 Å². The monoisotopic (exact) mass is 308 g/mol. The predicted molar refractivity (Wildman–Crippen MR) is 84.8 cm³/mol. The molecule has 116 valence electrons. The quantitative estimate of drug-likeness (QED) is 0.795. The Hall–Kier alpha value is -2.36. The second-order valence-corrected chi connectivity index (χ2v) is 6.75. The Kier molecular flexibility index (Phi) is 2.61. The van der Waals surface area contributed by atoms with Gasteiger partial charge in [-0.2, -0.15) is 0 Å². The van der Waals surface area contributed by atoms with E-state index in [1.165, 1.54) is 17.2 Å². The zero-order valence-corrected chi connectivity index (χ0v) is 12.6. The van der Waals surface area contributed by atoms with E-state index in [1.54, 1.807) is 6.07 Å². The Morgan fingerprint density at radius 3 is 2.83 bits per heavy atom. The van der Waals surface area contributed by atoms with Crippen LogP contribution in [0.5, 0.6) is 0 Å². The van der Waals surface area contributed by atoms with Crippen molar-refractivity contribution in [2.45, 2.75) is 30.8 Å². The molecule has 2 heterocycles. The lowest BCUT2D eigenvalue weighted by Gasteiger charge is -2.27. The predicted octanol–water partition coefficient (Wildman–Crippen LogP) is 3.35. The van der Waals surface area contributed by atoms with Gasteiger partial charge in [-0.3, -0.25) is 0 Å². The first kappa shape index (κ1) is 13.1. The van der Waals surface area contributed by atoms with E-state index < -0.39 is 0 Å². The molecular weight excluding hydrogens is 291 g/mol. The summed E-state index contributed by atoms with van der Waals surface area (Å²) in [4.78, 5) is 14.3. The number of amides is 2. The standard InChI is InChI=1S/C19H17FN2O/c20-13-6-5-12-7-11-3-1-2-4-15(11)17-9-14-10-21-19(23)22(14)18(17)16(12)8-13/h1-6,8,14,17-18H,7,9-10H2,(H,21,23)/t14-,17+,18+/m0/s1. The summed E-state index contributed by atoms with van der Waals surface area (Å²) in [5, 5.41) is 2.94. The lowest BCUT2D eigenvalue weighted by Crippen LogP contribution is -2.33. The molecule has 1 N–H and O–H groups in total. The third-order valence-corrected chi connectivity index (χ3v) is 5.59. The fraction of sp³-hybridized carbons (Fsp3) is 0.316. The van der Waals surface area contributed by atoms with Crippen LogP contribution in [0.3, 0.4) is 0 Å². The molecular formula is C19H17FN2O. The first-order valence-electron chi connectivity index (χ1n) is 8.14. The molecule has 0 radical (unpaired) electrons. The Balaban J connectivity index is 1.76. The van der Waals surface area contributed by atoms with Crippen molar-refractivity contribution in [2.24, 2.45) is 0 Å². The fourth-order valence-corrected chi connectivity index (χ4v) is 4.65. The SMILES string of the molecule is O=C1NC[C@@H]2C[C@@H]3c4ccccc4Cc4ccc(F)cc4[C@H]3N12. The van der Waals surface area contributed by atoms with E-state index in [0.717, 1.165) is 24.0 Å². The summed E-state index contributed by atoms with van der Waals surface area (Å²) in [5.74, 6) is 0.0295. The van der Waals surface area contributed by atoms with E-state index >= 15 is 0 Å². The van der Waals surface area contributed by atoms with Crippen molar-refractivity contribution in [3.05, 3.63) is 70.5 Å². The summed E-state index contributed by atoms with van der Waals surface area (Å²) in [6, 6.07) is 13.6. The number of halogens is 1. The van der Waals surface area contributed by atoms with Crippen LogP contribution in [0.1, 0.15) is 40.6 Å². The van der Waals surface area contributed by atoms with Crippen molar-refractivity contribution < 1.29 is 9.18 Å². The highest BCUT2D eigenvalue weighted by molar-refractivity contribution is 5.78. The van der Waals surface area contributed by atoms with Gasteiger partial charge in [-0.1, -0.05) is 30.3 Å². The van der Waals surface area contributed by atoms with Crippen LogP contribution in [0.4, 0.5) is 9.18 Å². The third-order valence-electron chi connectivity index (χ3n) is 5.59. The molecule has 2 aromatic rings. The number of fused-ring (bicyclic) bond motifs is 7. The zero-order chi connectivity index (χ0) is 15.6. The second-order valence-electron chi connectivity index (χ2n) is 6.75. The van der Waals surface area contributed by atoms with Crippen molar-refractivity contribution in [1.29, 1.82) is 0 Å². The molecule has 3 aliphatic rings. The van der Waals surface area contributed by atoms with Crippen molar-refractivity contribution in [2.75, 3.05) is 6.54 Å². The number of nitrogens with zero attached hydrogens (tertiary/aromatic N) is 1. The molecule has 3 nitrogen and oxygen atoms in total. The topological polar surface area (TPSA) is 32.3 Å². The average molecular weight is 308 g/mol. The van der Waals surface area contributed by atoms with Gasteiger partial charge in [0.2, 0.25) is 0 Å². The summed E-state index contributed by atoms with van der Waals surface area (Å²) in [5.41, 5.74) is 4.73. The van der Waals surface area contributed by atoms with Crippen LogP contribution in [0.2, 0.25) is 0 Å². The smallest absolute Gasteiger partial charge is 0.318 e. The first-order valence-corrected chi connectivity index (χ1v) is 8.14. The van der Waals surface area contributed by atoms with Crippen molar-refractivity contribution in [1.82, 2.24) is 10.2 Å². The number of nitrogens with one attached hydrogen (secondary N) is 1. The molecule has 2 saturated heterocycles. The number of urea groups is 1. The summed E-state index contributed by atoms with van der Waals surface area (Å²) in [6.07, 6.45) is 1.75. The summed E-state index contributed by atoms with van der Waals surface area (Å²) < 4.78 is 13.9. The van der Waals surface area contributed by atoms with Crippen LogP contribution in [-0.4, -0.2) is 23.5 Å². The van der Waals surface area contributed by atoms with E-state index in [-0.39, 0.29) is 29.8 Å². The number of carbonyl (C=O) groups is 1. The normalized spacial score (nSPS) is 27.6. The lowest BCUT2D eigenvalue weighted by atomic mass is 9.86. The number of rotatable bonds is 0. The molecule has 0 aromatic heterocycles. The van der Waals surface area contributed by atoms with Crippen LogP contribution in [-0.2, 0) is 6.42 Å². The minimum absolute atomic E-state index is 0.0166. The van der Waals surface area contributed by atoms with Crippen LogP contribution in [0, 0.1) is 5.82 Å². The molecule has 3 atom stereocenters. The average Bonchev–Trinajstić information content (AvgIpc) is 3.06. The largest absolute Gasteiger partial charge is 0.336 e. The molecule has 2 aliphatic heterocycles. The minimum Gasteiger partial charge on any atom is -0.336 e. The first-order chi connectivity index (χ1) is 11.2. The van der Waals surface area contributed by atoms with E-state index in [0.29, 0.717) is 6.54 Å². The Morgan fingerprint density at radius 1 is 1.09 bits per heavy atom. The molecule has 2 aromatic carbocycles. The molecule has 2 fully saturated rings. The zero-order valence-electron chi connectivity index (χ0n) is 12.6. The van der Waals surface area contributed by atoms with Crippen LogP contribution in [0.25, 0.3) is 0 Å². The number of benzene rings is 2. The van der Waals surface area contributed by atoms with Gasteiger partial charge in [0.15, 0.2) is 0 Å². The summed E-state index contributed by atoms with van der Waals surface area (Å²) in [7, 11) is 0. The molecule has 0 bridgehead atoms. The summed E-state index contributed by atoms with van der Waals surface area (Å²) in [6.45, 7) is 0.693. The van der Waals surface area contributed by atoms with E-state index in [4.69, 9.17) is 0 Å². The van der Waals surface area contributed by atoms with Gasteiger partial charge in [0, 0.05) is 12.5 Å². The molecule has 23 heavy (non-hydrogen) atoms. The van der Waals surface area contributed by atoms with Crippen molar-refractivity contribution in [3.63, 3.8) is 0 Å². The molecule has 5 rings (SSSR count). The molecule has 2 amide bonds. The molecule has 1 aliphatic carbocycles. The number of carbonyl (C=O) groups excluding carboxylic acids is 1. The third kappa shape index (κ3) is 1.78.